The molecule has 7 nitrogen and oxygen atoms in total. The number of benzene rings is 1. The maximum atomic E-state index is 12.7. The van der Waals surface area contributed by atoms with E-state index in [9.17, 15) is 10.1 Å². The van der Waals surface area contributed by atoms with Crippen molar-refractivity contribution in [3.05, 3.63) is 51.3 Å². The maximum absolute atomic E-state index is 12.7. The van der Waals surface area contributed by atoms with E-state index in [1.54, 1.807) is 12.1 Å². The summed E-state index contributed by atoms with van der Waals surface area (Å²) in [5.74, 6) is 0.718. The Kier molecular flexibility index (Phi) is 5.91. The summed E-state index contributed by atoms with van der Waals surface area (Å²) in [5.41, 5.74) is 0.607. The molecule has 3 heterocycles. The molecule has 2 aromatic heterocycles. The molecule has 1 fully saturated rings. The Morgan fingerprint density at radius 2 is 1.93 bits per heavy atom. The molecular weight excluding hydrogens is 451 g/mol. The first kappa shape index (κ1) is 20.6. The molecule has 0 bridgehead atoms. The molecule has 0 radical (unpaired) electrons. The summed E-state index contributed by atoms with van der Waals surface area (Å²) in [7, 11) is 0. The van der Waals surface area contributed by atoms with Crippen molar-refractivity contribution in [1.82, 2.24) is 4.98 Å². The third-order valence-electron chi connectivity index (χ3n) is 4.87. The number of nitrogens with one attached hydrogen (secondary N) is 1. The van der Waals surface area contributed by atoms with Crippen LogP contribution in [0.15, 0.2) is 39.4 Å². The molecule has 3 aromatic rings. The number of nitrogens with zero attached hydrogens (tertiary/aromatic N) is 3. The zero-order valence-corrected chi connectivity index (χ0v) is 17.8. The SMILES string of the molecule is N#Cc1nc(-c2ccco2)oc1N1CCC(C(=O)Nc2cc(Cl)c(Cl)cc2Cl)CC1. The van der Waals surface area contributed by atoms with Crippen LogP contribution in [0.4, 0.5) is 11.6 Å². The van der Waals surface area contributed by atoms with Gasteiger partial charge < -0.3 is 19.1 Å². The van der Waals surface area contributed by atoms with Gasteiger partial charge in [-0.05, 0) is 37.1 Å². The number of rotatable bonds is 4. The number of anilines is 2. The van der Waals surface area contributed by atoms with E-state index in [4.69, 9.17) is 43.6 Å². The Bertz CT molecular complexity index is 1110. The number of amides is 1. The molecule has 0 aliphatic carbocycles. The van der Waals surface area contributed by atoms with E-state index in [1.165, 1.54) is 18.4 Å². The van der Waals surface area contributed by atoms with Gasteiger partial charge in [-0.2, -0.15) is 10.2 Å². The van der Waals surface area contributed by atoms with Crippen LogP contribution < -0.4 is 10.2 Å². The second kappa shape index (κ2) is 8.60. The normalized spacial score (nSPS) is 14.5. The molecule has 1 aliphatic rings. The highest BCUT2D eigenvalue weighted by Crippen LogP contribution is 2.34. The van der Waals surface area contributed by atoms with Gasteiger partial charge in [0.2, 0.25) is 17.5 Å². The summed E-state index contributed by atoms with van der Waals surface area (Å²) in [5, 5.41) is 13.2. The van der Waals surface area contributed by atoms with Crippen LogP contribution in [0.3, 0.4) is 0 Å². The zero-order valence-electron chi connectivity index (χ0n) is 15.5. The number of hydrogen-bond acceptors (Lipinski definition) is 6. The third-order valence-corrected chi connectivity index (χ3v) is 5.90. The van der Waals surface area contributed by atoms with E-state index in [0.717, 1.165) is 0 Å². The number of hydrogen-bond donors (Lipinski definition) is 1. The highest BCUT2D eigenvalue weighted by Gasteiger charge is 2.29. The van der Waals surface area contributed by atoms with Crippen LogP contribution in [0.25, 0.3) is 11.7 Å². The zero-order chi connectivity index (χ0) is 21.3. The van der Waals surface area contributed by atoms with E-state index in [-0.39, 0.29) is 23.4 Å². The van der Waals surface area contributed by atoms with Gasteiger partial charge in [0.15, 0.2) is 5.76 Å². The number of piperidine rings is 1. The Morgan fingerprint density at radius 1 is 1.20 bits per heavy atom. The van der Waals surface area contributed by atoms with Crippen molar-refractivity contribution in [1.29, 1.82) is 5.26 Å². The molecule has 1 amide bonds. The Labute approximate surface area is 187 Å². The summed E-state index contributed by atoms with van der Waals surface area (Å²) >= 11 is 18.1. The van der Waals surface area contributed by atoms with Gasteiger partial charge in [-0.3, -0.25) is 4.79 Å². The van der Waals surface area contributed by atoms with Crippen molar-refractivity contribution < 1.29 is 13.6 Å². The van der Waals surface area contributed by atoms with Gasteiger partial charge in [-0.25, -0.2) is 0 Å². The minimum absolute atomic E-state index is 0.149. The maximum Gasteiger partial charge on any atom is 0.266 e. The van der Waals surface area contributed by atoms with E-state index in [2.05, 4.69) is 16.4 Å². The predicted octanol–water partition coefficient (Wildman–Crippen LogP) is 5.62. The first-order valence-electron chi connectivity index (χ1n) is 9.11. The first-order chi connectivity index (χ1) is 14.5. The van der Waals surface area contributed by atoms with Crippen LogP contribution in [0.5, 0.6) is 0 Å². The Balaban J connectivity index is 1.42. The fourth-order valence-corrected chi connectivity index (χ4v) is 3.90. The van der Waals surface area contributed by atoms with Gasteiger partial charge in [-0.15, -0.1) is 0 Å². The van der Waals surface area contributed by atoms with Crippen molar-refractivity contribution in [2.75, 3.05) is 23.3 Å². The van der Waals surface area contributed by atoms with Crippen LogP contribution in [0, 0.1) is 17.2 Å². The summed E-state index contributed by atoms with van der Waals surface area (Å²) in [6.45, 7) is 1.07. The minimum atomic E-state index is -0.218. The number of nitriles is 1. The van der Waals surface area contributed by atoms with Gasteiger partial charge in [0.1, 0.15) is 6.07 Å². The summed E-state index contributed by atoms with van der Waals surface area (Å²) in [6, 6.07) is 8.50. The second-order valence-electron chi connectivity index (χ2n) is 6.76. The van der Waals surface area contributed by atoms with Crippen molar-refractivity contribution in [2.24, 2.45) is 5.92 Å². The van der Waals surface area contributed by atoms with Crippen LogP contribution in [0.2, 0.25) is 15.1 Å². The number of aromatic nitrogens is 1. The van der Waals surface area contributed by atoms with E-state index in [0.29, 0.717) is 58.3 Å². The third kappa shape index (κ3) is 4.12. The first-order valence-corrected chi connectivity index (χ1v) is 10.2. The van der Waals surface area contributed by atoms with Crippen molar-refractivity contribution >= 4 is 52.3 Å². The number of carbonyl (C=O) groups excluding carboxylic acids is 1. The molecule has 4 rings (SSSR count). The predicted molar refractivity (Wildman–Crippen MR) is 114 cm³/mol. The van der Waals surface area contributed by atoms with Gasteiger partial charge in [0.05, 0.1) is 27.0 Å². The van der Waals surface area contributed by atoms with Crippen molar-refractivity contribution in [2.45, 2.75) is 12.8 Å². The molecule has 0 saturated carbocycles. The molecule has 1 N–H and O–H groups in total. The van der Waals surface area contributed by atoms with Gasteiger partial charge in [0.25, 0.3) is 5.89 Å². The molecule has 10 heteroatoms. The highest BCUT2D eigenvalue weighted by molar-refractivity contribution is 6.44. The lowest BCUT2D eigenvalue weighted by Crippen LogP contribution is -2.38. The summed E-state index contributed by atoms with van der Waals surface area (Å²) in [4.78, 5) is 18.8. The average molecular weight is 466 g/mol. The number of carbonyl (C=O) groups is 1. The molecule has 1 aromatic carbocycles. The van der Waals surface area contributed by atoms with Crippen LogP contribution >= 0.6 is 34.8 Å². The smallest absolute Gasteiger partial charge is 0.266 e. The summed E-state index contributed by atoms with van der Waals surface area (Å²) in [6.07, 6.45) is 2.66. The van der Waals surface area contributed by atoms with Crippen LogP contribution in [0.1, 0.15) is 18.5 Å². The highest BCUT2D eigenvalue weighted by atomic mass is 35.5. The van der Waals surface area contributed by atoms with Crippen molar-refractivity contribution in [3.63, 3.8) is 0 Å². The molecule has 1 saturated heterocycles. The van der Waals surface area contributed by atoms with Crippen molar-refractivity contribution in [3.8, 4) is 17.7 Å². The molecule has 0 spiro atoms. The molecule has 154 valence electrons. The lowest BCUT2D eigenvalue weighted by Gasteiger charge is -2.31. The number of halogens is 3. The molecule has 1 aliphatic heterocycles. The monoisotopic (exact) mass is 464 g/mol. The topological polar surface area (TPSA) is 95.3 Å². The van der Waals surface area contributed by atoms with Gasteiger partial charge in [0, 0.05) is 19.0 Å². The van der Waals surface area contributed by atoms with E-state index < -0.39 is 0 Å². The number of oxazole rings is 1. The Hall–Kier alpha value is -2.66. The minimum Gasteiger partial charge on any atom is -0.459 e. The fraction of sp³-hybridized carbons (Fsp3) is 0.250. The molecule has 0 unspecified atom stereocenters. The van der Waals surface area contributed by atoms with Crippen LogP contribution in [-0.4, -0.2) is 24.0 Å². The van der Waals surface area contributed by atoms with Crippen LogP contribution in [-0.2, 0) is 4.79 Å². The average Bonchev–Trinajstić information content (AvgIpc) is 3.41. The molecular formula is C20H15Cl3N4O3. The lowest BCUT2D eigenvalue weighted by atomic mass is 9.96. The number of furan rings is 1. The molecule has 30 heavy (non-hydrogen) atoms. The summed E-state index contributed by atoms with van der Waals surface area (Å²) < 4.78 is 11.1. The van der Waals surface area contributed by atoms with E-state index >= 15 is 0 Å². The van der Waals surface area contributed by atoms with Gasteiger partial charge in [-0.1, -0.05) is 34.8 Å². The van der Waals surface area contributed by atoms with Gasteiger partial charge >= 0.3 is 0 Å². The standard InChI is InChI=1S/C20H15Cl3N4O3/c21-12-8-14(23)15(9-13(12)22)25-18(28)11-3-5-27(6-4-11)20-16(10-24)26-19(30-20)17-2-1-7-29-17/h1-2,7-9,11H,3-6H2,(H,25,28). The fourth-order valence-electron chi connectivity index (χ4n) is 3.30. The second-order valence-corrected chi connectivity index (χ2v) is 7.98. The lowest BCUT2D eigenvalue weighted by molar-refractivity contribution is -0.120. The Morgan fingerprint density at radius 3 is 2.60 bits per heavy atom. The quantitative estimate of drug-likeness (QED) is 0.502. The largest absolute Gasteiger partial charge is 0.459 e. The van der Waals surface area contributed by atoms with E-state index in [1.807, 2.05) is 4.90 Å². The molecule has 0 atom stereocenters.